The van der Waals surface area contributed by atoms with E-state index in [1.807, 2.05) is 31.2 Å². The van der Waals surface area contributed by atoms with Crippen LogP contribution in [0.1, 0.15) is 45.1 Å². The van der Waals surface area contributed by atoms with Gasteiger partial charge in [-0.15, -0.1) is 0 Å². The number of nitrogens with one attached hydrogen (secondary N) is 1. The summed E-state index contributed by atoms with van der Waals surface area (Å²) in [5, 5.41) is 3.05. The van der Waals surface area contributed by atoms with Crippen molar-refractivity contribution in [2.24, 2.45) is 0 Å². The molecule has 1 N–H and O–H groups in total. The van der Waals surface area contributed by atoms with E-state index in [-0.39, 0.29) is 29.1 Å². The summed E-state index contributed by atoms with van der Waals surface area (Å²) in [6.45, 7) is 3.43. The van der Waals surface area contributed by atoms with Crippen LogP contribution in [0.2, 0.25) is 0 Å². The molecule has 0 heterocycles. The quantitative estimate of drug-likeness (QED) is 0.271. The molecule has 3 aromatic rings. The van der Waals surface area contributed by atoms with Crippen LogP contribution in [0.15, 0.2) is 82.2 Å². The van der Waals surface area contributed by atoms with E-state index in [4.69, 9.17) is 4.74 Å². The summed E-state index contributed by atoms with van der Waals surface area (Å²) in [7, 11) is -4.30. The monoisotopic (exact) mass is 659 g/mol. The van der Waals surface area contributed by atoms with Gasteiger partial charge in [0, 0.05) is 17.1 Å². The van der Waals surface area contributed by atoms with E-state index < -0.39 is 34.3 Å². The summed E-state index contributed by atoms with van der Waals surface area (Å²) in [6, 6.07) is 17.3. The Morgan fingerprint density at radius 1 is 1.00 bits per heavy atom. The van der Waals surface area contributed by atoms with Gasteiger partial charge in [-0.3, -0.25) is 13.9 Å². The highest BCUT2D eigenvalue weighted by Gasteiger charge is 2.33. The Bertz CT molecular complexity index is 1460. The van der Waals surface area contributed by atoms with Crippen LogP contribution >= 0.6 is 15.9 Å². The molecule has 1 unspecified atom stereocenters. The minimum absolute atomic E-state index is 0.0591. The van der Waals surface area contributed by atoms with Crippen molar-refractivity contribution in [3.63, 3.8) is 0 Å². The third kappa shape index (κ3) is 7.89. The number of rotatable bonds is 12. The van der Waals surface area contributed by atoms with Crippen LogP contribution < -0.4 is 14.4 Å². The van der Waals surface area contributed by atoms with E-state index in [1.54, 1.807) is 31.2 Å². The molecule has 42 heavy (non-hydrogen) atoms. The number of amides is 2. The summed E-state index contributed by atoms with van der Waals surface area (Å²) in [6.07, 6.45) is 3.86. The predicted molar refractivity (Wildman–Crippen MR) is 163 cm³/mol. The average Bonchev–Trinajstić information content (AvgIpc) is 3.49. The molecular formula is C31H35BrFN3O5S. The van der Waals surface area contributed by atoms with Crippen molar-refractivity contribution in [1.82, 2.24) is 10.2 Å². The first-order valence-corrected chi connectivity index (χ1v) is 16.2. The fourth-order valence-electron chi connectivity index (χ4n) is 4.90. The smallest absolute Gasteiger partial charge is 0.264 e. The van der Waals surface area contributed by atoms with E-state index in [9.17, 15) is 22.4 Å². The Morgan fingerprint density at radius 2 is 1.62 bits per heavy atom. The number of halogens is 2. The molecule has 11 heteroatoms. The number of hydrogen-bond donors (Lipinski definition) is 1. The first-order chi connectivity index (χ1) is 20.1. The fourth-order valence-corrected chi connectivity index (χ4v) is 6.58. The standard InChI is InChI=1S/C31H35BrFN3O5S/c1-3-41-28-16-14-27(15-17-28)36(42(39,40)29-18-12-25(33)13-19-29)21-30(37)35(20-23-8-10-24(32)11-9-23)22(2)31(38)34-26-6-4-5-7-26/h8-19,22,26H,3-7,20-21H2,1-2H3,(H,34,38). The molecule has 1 fully saturated rings. The second-order valence-corrected chi connectivity index (χ2v) is 13.0. The molecule has 2 amide bonds. The lowest BCUT2D eigenvalue weighted by molar-refractivity contribution is -0.139. The molecule has 1 aliphatic rings. The second-order valence-electron chi connectivity index (χ2n) is 10.2. The molecule has 0 radical (unpaired) electrons. The van der Waals surface area contributed by atoms with Gasteiger partial charge in [-0.1, -0.05) is 40.9 Å². The lowest BCUT2D eigenvalue weighted by atomic mass is 10.1. The highest BCUT2D eigenvalue weighted by atomic mass is 79.9. The van der Waals surface area contributed by atoms with Crippen molar-refractivity contribution in [3.05, 3.63) is 88.6 Å². The first-order valence-electron chi connectivity index (χ1n) is 13.9. The van der Waals surface area contributed by atoms with Crippen molar-refractivity contribution >= 4 is 43.5 Å². The molecule has 3 aromatic carbocycles. The molecule has 0 spiro atoms. The maximum Gasteiger partial charge on any atom is 0.264 e. The number of carbonyl (C=O) groups is 2. The number of anilines is 1. The summed E-state index contributed by atoms with van der Waals surface area (Å²) in [4.78, 5) is 28.6. The normalized spacial score (nSPS) is 14.3. The topological polar surface area (TPSA) is 96.0 Å². The Morgan fingerprint density at radius 3 is 2.21 bits per heavy atom. The zero-order valence-corrected chi connectivity index (χ0v) is 26.0. The van der Waals surface area contributed by atoms with Crippen LogP contribution in [-0.2, 0) is 26.2 Å². The van der Waals surface area contributed by atoms with Gasteiger partial charge in [0.15, 0.2) is 0 Å². The minimum Gasteiger partial charge on any atom is -0.494 e. The van der Waals surface area contributed by atoms with Crippen LogP contribution in [0.25, 0.3) is 0 Å². The molecule has 1 atom stereocenters. The maximum atomic E-state index is 14.0. The third-order valence-electron chi connectivity index (χ3n) is 7.25. The van der Waals surface area contributed by atoms with Crippen LogP contribution in [-0.4, -0.2) is 50.4 Å². The van der Waals surface area contributed by atoms with Crippen molar-refractivity contribution in [2.75, 3.05) is 17.5 Å². The molecule has 0 bridgehead atoms. The van der Waals surface area contributed by atoms with Crippen molar-refractivity contribution in [2.45, 2.75) is 63.1 Å². The number of sulfonamides is 1. The molecule has 224 valence electrons. The van der Waals surface area contributed by atoms with Gasteiger partial charge in [-0.2, -0.15) is 0 Å². The van der Waals surface area contributed by atoms with E-state index in [0.717, 1.165) is 64.3 Å². The van der Waals surface area contributed by atoms with Gasteiger partial charge in [0.05, 0.1) is 17.2 Å². The zero-order valence-electron chi connectivity index (χ0n) is 23.6. The molecule has 0 saturated heterocycles. The van der Waals surface area contributed by atoms with Gasteiger partial charge in [0.25, 0.3) is 10.0 Å². The Hall–Kier alpha value is -3.44. The van der Waals surface area contributed by atoms with Gasteiger partial charge in [-0.05, 0) is 92.9 Å². The van der Waals surface area contributed by atoms with E-state index in [2.05, 4.69) is 21.2 Å². The van der Waals surface area contributed by atoms with E-state index >= 15 is 0 Å². The van der Waals surface area contributed by atoms with Gasteiger partial charge < -0.3 is 15.0 Å². The number of carbonyl (C=O) groups excluding carboxylic acids is 2. The Balaban J connectivity index is 1.68. The molecule has 4 rings (SSSR count). The molecule has 8 nitrogen and oxygen atoms in total. The lowest BCUT2D eigenvalue weighted by Gasteiger charge is -2.32. The van der Waals surface area contributed by atoms with Gasteiger partial charge >= 0.3 is 0 Å². The van der Waals surface area contributed by atoms with Gasteiger partial charge in [0.1, 0.15) is 24.2 Å². The summed E-state index contributed by atoms with van der Waals surface area (Å²) in [5.74, 6) is -0.894. The molecule has 1 saturated carbocycles. The molecule has 0 aliphatic heterocycles. The van der Waals surface area contributed by atoms with Crippen LogP contribution in [0, 0.1) is 5.82 Å². The number of nitrogens with zero attached hydrogens (tertiary/aromatic N) is 2. The average molecular weight is 661 g/mol. The molecular weight excluding hydrogens is 625 g/mol. The summed E-state index contributed by atoms with van der Waals surface area (Å²) in [5.41, 5.74) is 1.00. The number of ether oxygens (including phenoxy) is 1. The van der Waals surface area contributed by atoms with E-state index in [1.165, 1.54) is 4.90 Å². The van der Waals surface area contributed by atoms with E-state index in [0.29, 0.717) is 12.4 Å². The predicted octanol–water partition coefficient (Wildman–Crippen LogP) is 5.66. The highest BCUT2D eigenvalue weighted by Crippen LogP contribution is 2.27. The maximum absolute atomic E-state index is 14.0. The lowest BCUT2D eigenvalue weighted by Crippen LogP contribution is -2.52. The van der Waals surface area contributed by atoms with Crippen LogP contribution in [0.4, 0.5) is 10.1 Å². The summed E-state index contributed by atoms with van der Waals surface area (Å²) >= 11 is 3.41. The van der Waals surface area contributed by atoms with Crippen molar-refractivity contribution in [3.8, 4) is 5.75 Å². The zero-order chi connectivity index (χ0) is 30.3. The SMILES string of the molecule is CCOc1ccc(N(CC(=O)N(Cc2ccc(Br)cc2)C(C)C(=O)NC2CCCC2)S(=O)(=O)c2ccc(F)cc2)cc1. The van der Waals surface area contributed by atoms with Crippen molar-refractivity contribution < 1.29 is 27.1 Å². The minimum atomic E-state index is -4.30. The van der Waals surface area contributed by atoms with Gasteiger partial charge in [0.2, 0.25) is 11.8 Å². The third-order valence-corrected chi connectivity index (χ3v) is 9.57. The first kappa shape index (κ1) is 31.5. The van der Waals surface area contributed by atoms with Gasteiger partial charge in [-0.25, -0.2) is 12.8 Å². The summed E-state index contributed by atoms with van der Waals surface area (Å²) < 4.78 is 48.7. The van der Waals surface area contributed by atoms with Crippen molar-refractivity contribution in [1.29, 1.82) is 0 Å². The highest BCUT2D eigenvalue weighted by molar-refractivity contribution is 9.10. The van der Waals surface area contributed by atoms with Crippen LogP contribution in [0.3, 0.4) is 0 Å². The second kappa shape index (κ2) is 14.2. The molecule has 1 aliphatic carbocycles. The Kier molecular flexibility index (Phi) is 10.6. The number of benzene rings is 3. The van der Waals surface area contributed by atoms with Crippen LogP contribution in [0.5, 0.6) is 5.75 Å². The largest absolute Gasteiger partial charge is 0.494 e. The number of hydrogen-bond acceptors (Lipinski definition) is 5. The Labute approximate surface area is 255 Å². The fraction of sp³-hybridized carbons (Fsp3) is 0.355. The molecule has 0 aromatic heterocycles.